The molecule has 3 N–H and O–H groups in total. The second-order valence-corrected chi connectivity index (χ2v) is 19.7. The lowest BCUT2D eigenvalue weighted by Gasteiger charge is -2.57. The fourth-order valence-electron chi connectivity index (χ4n) is 11.0. The highest BCUT2D eigenvalue weighted by Crippen LogP contribution is 2.48. The summed E-state index contributed by atoms with van der Waals surface area (Å²) in [4.78, 5) is 77.4. The van der Waals surface area contributed by atoms with Crippen LogP contribution in [0.2, 0.25) is 0 Å². The predicted molar refractivity (Wildman–Crippen MR) is 264 cm³/mol. The van der Waals surface area contributed by atoms with Crippen LogP contribution in [0.15, 0.2) is 91.1 Å². The first-order valence-corrected chi connectivity index (χ1v) is 24.6. The van der Waals surface area contributed by atoms with Gasteiger partial charge in [-0.3, -0.25) is 44.1 Å². The van der Waals surface area contributed by atoms with Crippen LogP contribution in [-0.2, 0) is 25.7 Å². The van der Waals surface area contributed by atoms with Crippen molar-refractivity contribution >= 4 is 57.5 Å². The first-order chi connectivity index (χ1) is 34.5. The van der Waals surface area contributed by atoms with Gasteiger partial charge in [0.25, 0.3) is 5.91 Å². The van der Waals surface area contributed by atoms with Crippen LogP contribution in [0.5, 0.6) is 17.2 Å². The standard InChI is InChI=1S/C55H55FN8O7/c1-70-49-28-44-45(57-22-17-48(44)71-42-12-10-39(11-13-42)59-54(69)55(20-21-55)53(68)58-38-8-6-37(56)7-9-38)29-47(49)62-24-18-35(19-25-62)30-63-40-27-41(63)33-61(32-40)23-3-2-4-34-5-14-43-36(26-34)31-64(52(43)67)46-15-16-50(65)60-51(46)66/h5-14,17,22,26,28-29,35,40-41,46H,3,15-16,18-21,23-25,27,30-33H2,1H3,(H,58,68)(H,59,69)(H,60,65,66). The minimum Gasteiger partial charge on any atom is -0.495 e. The summed E-state index contributed by atoms with van der Waals surface area (Å²) in [7, 11) is 1.69. The van der Waals surface area contributed by atoms with E-state index in [4.69, 9.17) is 14.5 Å². The van der Waals surface area contributed by atoms with Crippen LogP contribution in [0, 0.1) is 29.0 Å². The first-order valence-electron chi connectivity index (χ1n) is 24.6. The Hall–Kier alpha value is -7.35. The second-order valence-electron chi connectivity index (χ2n) is 19.7. The van der Waals surface area contributed by atoms with Crippen LogP contribution < -0.4 is 30.3 Å². The minimum absolute atomic E-state index is 0.173. The van der Waals surface area contributed by atoms with Crippen molar-refractivity contribution in [3.8, 4) is 29.1 Å². The molecule has 16 heteroatoms. The smallest absolute Gasteiger partial charge is 0.255 e. The van der Waals surface area contributed by atoms with Gasteiger partial charge in [-0.05, 0) is 135 Å². The molecule has 1 saturated carbocycles. The molecular weight excluding hydrogens is 904 g/mol. The Morgan fingerprint density at radius 3 is 2.28 bits per heavy atom. The molecule has 6 fully saturated rings. The number of fused-ring (bicyclic) bond motifs is 4. The van der Waals surface area contributed by atoms with Gasteiger partial charge in [-0.25, -0.2) is 4.39 Å². The molecule has 4 aromatic carbocycles. The van der Waals surface area contributed by atoms with Gasteiger partial charge >= 0.3 is 0 Å². The number of ether oxygens (including phenoxy) is 2. The molecular formula is C55H55FN8O7. The van der Waals surface area contributed by atoms with Crippen LogP contribution in [-0.4, -0.2) is 114 Å². The van der Waals surface area contributed by atoms with Crippen LogP contribution in [0.1, 0.15) is 72.9 Å². The maximum Gasteiger partial charge on any atom is 0.255 e. The van der Waals surface area contributed by atoms with Crippen LogP contribution in [0.4, 0.5) is 21.5 Å². The number of hydrogen-bond acceptors (Lipinski definition) is 11. The number of carbonyl (C=O) groups is 5. The Morgan fingerprint density at radius 1 is 0.873 bits per heavy atom. The van der Waals surface area contributed by atoms with Crippen LogP contribution in [0.25, 0.3) is 10.9 Å². The van der Waals surface area contributed by atoms with Gasteiger partial charge in [-0.15, -0.1) is 0 Å². The maximum absolute atomic E-state index is 13.3. The fourth-order valence-corrected chi connectivity index (χ4v) is 11.0. The molecule has 3 atom stereocenters. The van der Waals surface area contributed by atoms with E-state index < -0.39 is 29.1 Å². The van der Waals surface area contributed by atoms with E-state index in [1.165, 1.54) is 30.7 Å². The third-order valence-corrected chi connectivity index (χ3v) is 15.2. The molecule has 7 heterocycles. The van der Waals surface area contributed by atoms with Crippen LogP contribution in [0.3, 0.4) is 0 Å². The predicted octanol–water partition coefficient (Wildman–Crippen LogP) is 6.71. The van der Waals surface area contributed by atoms with Gasteiger partial charge in [0.15, 0.2) is 0 Å². The van der Waals surface area contributed by atoms with Gasteiger partial charge in [0.05, 0.1) is 18.3 Å². The molecule has 0 spiro atoms. The van der Waals surface area contributed by atoms with E-state index in [1.54, 1.807) is 48.5 Å². The summed E-state index contributed by atoms with van der Waals surface area (Å²) in [5.74, 6) is 7.15. The molecule has 3 unspecified atom stereocenters. The average Bonchev–Trinajstić information content (AvgIpc) is 4.14. The number of aromatic nitrogens is 1. The van der Waals surface area contributed by atoms with Gasteiger partial charge in [0.1, 0.15) is 34.5 Å². The van der Waals surface area contributed by atoms with Crippen molar-refractivity contribution in [1.82, 2.24) is 25.0 Å². The molecule has 5 amide bonds. The number of anilines is 3. The van der Waals surface area contributed by atoms with E-state index in [9.17, 15) is 28.4 Å². The molecule has 71 heavy (non-hydrogen) atoms. The summed E-state index contributed by atoms with van der Waals surface area (Å²) in [5, 5.41) is 8.78. The Balaban J connectivity index is 0.639. The summed E-state index contributed by atoms with van der Waals surface area (Å²) in [6.45, 7) is 6.38. The number of rotatable bonds is 13. The van der Waals surface area contributed by atoms with E-state index in [-0.39, 0.29) is 24.1 Å². The van der Waals surface area contributed by atoms with Gasteiger partial charge in [-0.2, -0.15) is 0 Å². The maximum atomic E-state index is 13.3. The highest BCUT2D eigenvalue weighted by atomic mass is 19.1. The molecule has 364 valence electrons. The number of amides is 5. The number of hydrogen-bond donors (Lipinski definition) is 3. The highest BCUT2D eigenvalue weighted by Gasteiger charge is 2.56. The Morgan fingerprint density at radius 2 is 1.59 bits per heavy atom. The van der Waals surface area contributed by atoms with Crippen LogP contribution >= 0.6 is 0 Å². The number of piperidine rings is 3. The van der Waals surface area contributed by atoms with Crippen molar-refractivity contribution in [2.45, 2.75) is 76.0 Å². The topological polar surface area (TPSA) is 166 Å². The third-order valence-electron chi connectivity index (χ3n) is 15.2. The Kier molecular flexibility index (Phi) is 12.4. The molecule has 15 nitrogen and oxygen atoms in total. The van der Waals surface area contributed by atoms with E-state index in [1.807, 2.05) is 24.3 Å². The van der Waals surface area contributed by atoms with E-state index in [0.29, 0.717) is 72.2 Å². The number of methoxy groups -OCH3 is 1. The molecule has 6 aliphatic heterocycles. The van der Waals surface area contributed by atoms with Crippen molar-refractivity contribution in [1.29, 1.82) is 0 Å². The monoisotopic (exact) mass is 958 g/mol. The fraction of sp³-hybridized carbons (Fsp3) is 0.382. The second kappa shape index (κ2) is 19.1. The zero-order valence-corrected chi connectivity index (χ0v) is 39.5. The number of piperazine rings is 1. The lowest BCUT2D eigenvalue weighted by atomic mass is 9.84. The van der Waals surface area contributed by atoms with E-state index in [0.717, 1.165) is 92.0 Å². The molecule has 0 radical (unpaired) electrons. The van der Waals surface area contributed by atoms with Crippen molar-refractivity contribution in [3.63, 3.8) is 0 Å². The largest absolute Gasteiger partial charge is 0.495 e. The number of imide groups is 1. The van der Waals surface area contributed by atoms with Crippen molar-refractivity contribution in [3.05, 3.63) is 114 Å². The average molecular weight is 959 g/mol. The minimum atomic E-state index is -1.17. The lowest BCUT2D eigenvalue weighted by Crippen LogP contribution is -2.69. The Bertz CT molecular complexity index is 2990. The summed E-state index contributed by atoms with van der Waals surface area (Å²) in [6.07, 6.45) is 7.39. The third kappa shape index (κ3) is 9.39. The number of nitrogens with one attached hydrogen (secondary N) is 3. The quantitative estimate of drug-likeness (QED) is 0.0653. The van der Waals surface area contributed by atoms with Gasteiger partial charge in [-0.1, -0.05) is 11.8 Å². The summed E-state index contributed by atoms with van der Waals surface area (Å²) in [5.41, 5.74) is 3.94. The Labute approximate surface area is 411 Å². The summed E-state index contributed by atoms with van der Waals surface area (Å²) >= 11 is 0. The van der Waals surface area contributed by atoms with Crippen molar-refractivity contribution in [2.75, 3.05) is 61.9 Å². The SMILES string of the molecule is COc1cc2c(Oc3ccc(NC(=O)C4(C(=O)Nc5ccc(F)cc5)CC4)cc3)ccnc2cc1N1CCC(CN2C3CC2CN(CCC#Cc2ccc4c(c2)CN(C2CCC(=O)NC2=O)C4=O)C3)CC1. The van der Waals surface area contributed by atoms with Gasteiger partial charge in [0.2, 0.25) is 23.6 Å². The zero-order chi connectivity index (χ0) is 48.8. The van der Waals surface area contributed by atoms with Crippen molar-refractivity contribution in [2.24, 2.45) is 11.3 Å². The molecule has 1 aliphatic carbocycles. The highest BCUT2D eigenvalue weighted by molar-refractivity contribution is 6.17. The molecule has 2 bridgehead atoms. The van der Waals surface area contributed by atoms with E-state index in [2.05, 4.69) is 48.6 Å². The first kappa shape index (κ1) is 46.1. The number of carbonyl (C=O) groups excluding carboxylic acids is 5. The molecule has 12 rings (SSSR count). The summed E-state index contributed by atoms with van der Waals surface area (Å²) < 4.78 is 25.7. The van der Waals surface area contributed by atoms with Gasteiger partial charge < -0.3 is 29.9 Å². The molecule has 5 saturated heterocycles. The normalized spacial score (nSPS) is 21.7. The number of pyridine rings is 1. The van der Waals surface area contributed by atoms with Crippen molar-refractivity contribution < 1.29 is 37.8 Å². The number of nitrogens with zero attached hydrogens (tertiary/aromatic N) is 5. The zero-order valence-electron chi connectivity index (χ0n) is 39.5. The molecule has 1 aromatic heterocycles. The number of halogens is 1. The summed E-state index contributed by atoms with van der Waals surface area (Å²) in [6, 6.07) is 24.6. The lowest BCUT2D eigenvalue weighted by molar-refractivity contribution is -0.137. The number of benzene rings is 4. The van der Waals surface area contributed by atoms with E-state index >= 15 is 0 Å². The molecule has 5 aromatic rings. The molecule has 7 aliphatic rings. The van der Waals surface area contributed by atoms with Gasteiger partial charge in [0, 0.05) is 105 Å².